The molecule has 5 heteroatoms. The van der Waals surface area contributed by atoms with Gasteiger partial charge in [0.25, 0.3) is 0 Å². The molecule has 0 radical (unpaired) electrons. The fourth-order valence-corrected chi connectivity index (χ4v) is 1.52. The summed E-state index contributed by atoms with van der Waals surface area (Å²) in [4.78, 5) is 22.4. The molecule has 0 saturated carbocycles. The lowest BCUT2D eigenvalue weighted by Gasteiger charge is -2.32. The number of rotatable bonds is 5. The zero-order valence-corrected chi connectivity index (χ0v) is 9.12. The highest BCUT2D eigenvalue weighted by atomic mass is 16.4. The van der Waals surface area contributed by atoms with Gasteiger partial charge in [0.1, 0.15) is 6.04 Å². The van der Waals surface area contributed by atoms with Crippen LogP contribution >= 0.6 is 0 Å². The van der Waals surface area contributed by atoms with Crippen LogP contribution in [0.25, 0.3) is 0 Å². The summed E-state index contributed by atoms with van der Waals surface area (Å²) in [5.41, 5.74) is 0. The predicted molar refractivity (Wildman–Crippen MR) is 55.4 cm³/mol. The van der Waals surface area contributed by atoms with Crippen LogP contribution in [0.5, 0.6) is 0 Å². The van der Waals surface area contributed by atoms with Crippen molar-refractivity contribution >= 4 is 11.9 Å². The molecule has 1 aliphatic rings. The van der Waals surface area contributed by atoms with E-state index in [4.69, 9.17) is 5.11 Å². The lowest BCUT2D eigenvalue weighted by atomic mass is 9.88. The minimum atomic E-state index is -0.968. The van der Waals surface area contributed by atoms with E-state index in [9.17, 15) is 9.59 Å². The van der Waals surface area contributed by atoms with Crippen LogP contribution in [0.15, 0.2) is 0 Å². The minimum Gasteiger partial charge on any atom is -0.480 e. The predicted octanol–water partition coefficient (Wildman–Crippen LogP) is -0.179. The topological polar surface area (TPSA) is 78.4 Å². The van der Waals surface area contributed by atoms with Crippen molar-refractivity contribution in [2.24, 2.45) is 11.8 Å². The van der Waals surface area contributed by atoms with Crippen molar-refractivity contribution in [3.05, 3.63) is 0 Å². The van der Waals surface area contributed by atoms with Gasteiger partial charge in [0.2, 0.25) is 5.91 Å². The minimum absolute atomic E-state index is 0.111. The SMILES string of the molecule is CC[C@H](NC(=O)C(C)C1CNC1)C(=O)O. The van der Waals surface area contributed by atoms with Gasteiger partial charge in [0.15, 0.2) is 0 Å². The van der Waals surface area contributed by atoms with Crippen molar-refractivity contribution in [1.29, 1.82) is 0 Å². The van der Waals surface area contributed by atoms with Crippen molar-refractivity contribution in [3.8, 4) is 0 Å². The van der Waals surface area contributed by atoms with Crippen molar-refractivity contribution in [2.75, 3.05) is 13.1 Å². The highest BCUT2D eigenvalue weighted by Crippen LogP contribution is 2.16. The van der Waals surface area contributed by atoms with E-state index >= 15 is 0 Å². The van der Waals surface area contributed by atoms with E-state index < -0.39 is 12.0 Å². The van der Waals surface area contributed by atoms with Gasteiger partial charge in [-0.3, -0.25) is 4.79 Å². The standard InChI is InChI=1S/C10H18N2O3/c1-3-8(10(14)15)12-9(13)6(2)7-4-11-5-7/h6-8,11H,3-5H2,1-2H3,(H,12,13)(H,14,15)/t6?,8-/m0/s1. The van der Waals surface area contributed by atoms with Gasteiger partial charge >= 0.3 is 5.97 Å². The molecule has 2 atom stereocenters. The summed E-state index contributed by atoms with van der Waals surface area (Å²) >= 11 is 0. The molecular formula is C10H18N2O3. The number of amides is 1. The molecule has 0 bridgehead atoms. The molecule has 1 unspecified atom stereocenters. The highest BCUT2D eigenvalue weighted by molar-refractivity contribution is 5.84. The van der Waals surface area contributed by atoms with Gasteiger partial charge in [0.05, 0.1) is 0 Å². The fourth-order valence-electron chi connectivity index (χ4n) is 1.52. The molecular weight excluding hydrogens is 196 g/mol. The Hall–Kier alpha value is -1.10. The molecule has 1 amide bonds. The van der Waals surface area contributed by atoms with Crippen molar-refractivity contribution < 1.29 is 14.7 Å². The highest BCUT2D eigenvalue weighted by Gasteiger charge is 2.30. The second-order valence-corrected chi connectivity index (χ2v) is 4.01. The van der Waals surface area contributed by atoms with E-state index in [-0.39, 0.29) is 11.8 Å². The summed E-state index contributed by atoms with van der Waals surface area (Å²) in [6.07, 6.45) is 0.413. The van der Waals surface area contributed by atoms with Gasteiger partial charge in [-0.1, -0.05) is 13.8 Å². The Bertz CT molecular complexity index is 251. The van der Waals surface area contributed by atoms with Crippen molar-refractivity contribution in [2.45, 2.75) is 26.3 Å². The average Bonchev–Trinajstić information content (AvgIpc) is 2.10. The van der Waals surface area contributed by atoms with Crippen molar-refractivity contribution in [1.82, 2.24) is 10.6 Å². The summed E-state index contributed by atoms with van der Waals surface area (Å²) < 4.78 is 0. The van der Waals surface area contributed by atoms with Gasteiger partial charge in [-0.25, -0.2) is 4.79 Å². The Balaban J connectivity index is 2.42. The lowest BCUT2D eigenvalue weighted by molar-refractivity contribution is -0.142. The molecule has 0 aromatic rings. The quantitative estimate of drug-likeness (QED) is 0.593. The first-order valence-electron chi connectivity index (χ1n) is 5.30. The Kier molecular flexibility index (Phi) is 4.08. The molecule has 1 saturated heterocycles. The molecule has 0 aromatic heterocycles. The van der Waals surface area contributed by atoms with Crippen LogP contribution < -0.4 is 10.6 Å². The second-order valence-electron chi connectivity index (χ2n) is 4.01. The van der Waals surface area contributed by atoms with E-state index in [0.29, 0.717) is 12.3 Å². The number of carbonyl (C=O) groups excluding carboxylic acids is 1. The summed E-state index contributed by atoms with van der Waals surface area (Å²) in [7, 11) is 0. The molecule has 15 heavy (non-hydrogen) atoms. The van der Waals surface area contributed by atoms with Gasteiger partial charge in [-0.15, -0.1) is 0 Å². The zero-order chi connectivity index (χ0) is 11.4. The molecule has 0 aliphatic carbocycles. The number of aliphatic carboxylic acids is 1. The maximum atomic E-state index is 11.6. The Morgan fingerprint density at radius 3 is 2.47 bits per heavy atom. The van der Waals surface area contributed by atoms with Crippen LogP contribution in [0.4, 0.5) is 0 Å². The van der Waals surface area contributed by atoms with Crippen LogP contribution in [0, 0.1) is 11.8 Å². The van der Waals surface area contributed by atoms with Crippen LogP contribution in [-0.4, -0.2) is 36.1 Å². The van der Waals surface area contributed by atoms with E-state index in [1.165, 1.54) is 0 Å². The van der Waals surface area contributed by atoms with Crippen LogP contribution in [0.3, 0.4) is 0 Å². The fraction of sp³-hybridized carbons (Fsp3) is 0.800. The van der Waals surface area contributed by atoms with Crippen molar-refractivity contribution in [3.63, 3.8) is 0 Å². The smallest absolute Gasteiger partial charge is 0.326 e. The maximum absolute atomic E-state index is 11.6. The average molecular weight is 214 g/mol. The molecule has 1 aliphatic heterocycles. The first-order valence-corrected chi connectivity index (χ1v) is 5.30. The normalized spacial score (nSPS) is 20.1. The number of hydrogen-bond acceptors (Lipinski definition) is 3. The summed E-state index contributed by atoms with van der Waals surface area (Å²) in [5.74, 6) is -0.892. The Morgan fingerprint density at radius 1 is 1.53 bits per heavy atom. The summed E-state index contributed by atoms with van der Waals surface area (Å²) in [5, 5.41) is 14.4. The van der Waals surface area contributed by atoms with Gasteiger partial charge in [0, 0.05) is 5.92 Å². The largest absolute Gasteiger partial charge is 0.480 e. The molecule has 5 nitrogen and oxygen atoms in total. The van der Waals surface area contributed by atoms with E-state index in [1.54, 1.807) is 6.92 Å². The molecule has 1 heterocycles. The number of hydrogen-bond donors (Lipinski definition) is 3. The molecule has 0 spiro atoms. The number of carboxylic acid groups (broad SMARTS) is 1. The third kappa shape index (κ3) is 2.92. The van der Waals surface area contributed by atoms with E-state index in [2.05, 4.69) is 10.6 Å². The van der Waals surface area contributed by atoms with Crippen LogP contribution in [0.2, 0.25) is 0 Å². The van der Waals surface area contributed by atoms with Crippen LogP contribution in [0.1, 0.15) is 20.3 Å². The number of carbonyl (C=O) groups is 2. The zero-order valence-electron chi connectivity index (χ0n) is 9.12. The first-order chi connectivity index (χ1) is 7.06. The number of nitrogens with one attached hydrogen (secondary N) is 2. The molecule has 3 N–H and O–H groups in total. The molecule has 1 fully saturated rings. The summed E-state index contributed by atoms with van der Waals surface area (Å²) in [6, 6.07) is -0.756. The molecule has 0 aromatic carbocycles. The number of carboxylic acids is 1. The molecule has 86 valence electrons. The van der Waals surface area contributed by atoms with Crippen LogP contribution in [-0.2, 0) is 9.59 Å². The van der Waals surface area contributed by atoms with E-state index in [0.717, 1.165) is 13.1 Å². The lowest BCUT2D eigenvalue weighted by Crippen LogP contribution is -2.52. The Morgan fingerprint density at radius 2 is 2.13 bits per heavy atom. The van der Waals surface area contributed by atoms with E-state index in [1.807, 2.05) is 6.92 Å². The second kappa shape index (κ2) is 5.11. The maximum Gasteiger partial charge on any atom is 0.326 e. The van der Waals surface area contributed by atoms with Gasteiger partial charge in [-0.05, 0) is 25.4 Å². The first kappa shape index (κ1) is 12.0. The Labute approximate surface area is 89.2 Å². The third-order valence-corrected chi connectivity index (χ3v) is 2.96. The monoisotopic (exact) mass is 214 g/mol. The van der Waals surface area contributed by atoms with Gasteiger partial charge < -0.3 is 15.7 Å². The summed E-state index contributed by atoms with van der Waals surface area (Å²) in [6.45, 7) is 5.28. The van der Waals surface area contributed by atoms with Gasteiger partial charge in [-0.2, -0.15) is 0 Å². The third-order valence-electron chi connectivity index (χ3n) is 2.96. The molecule has 1 rings (SSSR count).